The Bertz CT molecular complexity index is 512. The first kappa shape index (κ1) is 11.9. The van der Waals surface area contributed by atoms with Gasteiger partial charge in [0, 0.05) is 19.1 Å². The minimum absolute atomic E-state index is 0.0939. The summed E-state index contributed by atoms with van der Waals surface area (Å²) in [5.74, 6) is -0.407. The molecule has 2 heterocycles. The third-order valence-corrected chi connectivity index (χ3v) is 3.84. The highest BCUT2D eigenvalue weighted by atomic mass is 16.2. The smallest absolute Gasteiger partial charge is 0.261 e. The molecular weight excluding hydrogens is 244 g/mol. The molecule has 0 atom stereocenters. The lowest BCUT2D eigenvalue weighted by molar-refractivity contribution is -0.119. The van der Waals surface area contributed by atoms with Crippen molar-refractivity contribution in [3.05, 3.63) is 35.4 Å². The molecule has 3 amide bonds. The van der Waals surface area contributed by atoms with E-state index in [0.29, 0.717) is 37.1 Å². The van der Waals surface area contributed by atoms with Crippen LogP contribution in [0.1, 0.15) is 33.6 Å². The van der Waals surface area contributed by atoms with Crippen LogP contribution in [0.15, 0.2) is 24.3 Å². The number of piperidine rings is 1. The third kappa shape index (κ3) is 1.82. The van der Waals surface area contributed by atoms with Gasteiger partial charge in [0.15, 0.2) is 0 Å². The Balaban J connectivity index is 1.83. The van der Waals surface area contributed by atoms with Gasteiger partial charge in [0.1, 0.15) is 0 Å². The normalized spacial score (nSPS) is 19.8. The molecule has 1 aromatic carbocycles. The van der Waals surface area contributed by atoms with Gasteiger partial charge in [-0.1, -0.05) is 12.1 Å². The summed E-state index contributed by atoms with van der Waals surface area (Å²) in [6.45, 7) is 1.20. The van der Waals surface area contributed by atoms with Gasteiger partial charge in [-0.15, -0.1) is 0 Å². The second-order valence-corrected chi connectivity index (χ2v) is 4.90. The summed E-state index contributed by atoms with van der Waals surface area (Å²) < 4.78 is 0. The van der Waals surface area contributed by atoms with Gasteiger partial charge < -0.3 is 4.90 Å². The van der Waals surface area contributed by atoms with Crippen molar-refractivity contribution in [2.24, 2.45) is 0 Å². The van der Waals surface area contributed by atoms with E-state index in [9.17, 15) is 14.4 Å². The Labute approximate surface area is 110 Å². The van der Waals surface area contributed by atoms with Crippen molar-refractivity contribution in [3.63, 3.8) is 0 Å². The first-order valence-electron chi connectivity index (χ1n) is 6.38. The van der Waals surface area contributed by atoms with Crippen molar-refractivity contribution in [2.75, 3.05) is 13.1 Å². The monoisotopic (exact) mass is 258 g/mol. The van der Waals surface area contributed by atoms with Crippen LogP contribution in [0.4, 0.5) is 0 Å². The summed E-state index contributed by atoms with van der Waals surface area (Å²) in [4.78, 5) is 38.3. The molecule has 0 aliphatic carbocycles. The van der Waals surface area contributed by atoms with Crippen LogP contribution in [-0.4, -0.2) is 47.2 Å². The van der Waals surface area contributed by atoms with Crippen LogP contribution in [0, 0.1) is 0 Å². The van der Waals surface area contributed by atoms with Gasteiger partial charge in [-0.25, -0.2) is 0 Å². The lowest BCUT2D eigenvalue weighted by Gasteiger charge is -2.33. The number of benzene rings is 1. The Morgan fingerprint density at radius 2 is 1.53 bits per heavy atom. The summed E-state index contributed by atoms with van der Waals surface area (Å²) in [6.07, 6.45) is 2.13. The van der Waals surface area contributed by atoms with Crippen LogP contribution in [-0.2, 0) is 4.79 Å². The van der Waals surface area contributed by atoms with E-state index in [4.69, 9.17) is 0 Å². The quantitative estimate of drug-likeness (QED) is 0.585. The maximum Gasteiger partial charge on any atom is 0.261 e. The minimum Gasteiger partial charge on any atom is -0.345 e. The summed E-state index contributed by atoms with van der Waals surface area (Å²) in [6, 6.07) is 6.82. The summed E-state index contributed by atoms with van der Waals surface area (Å²) >= 11 is 0. The van der Waals surface area contributed by atoms with Crippen molar-refractivity contribution >= 4 is 18.2 Å². The predicted molar refractivity (Wildman–Crippen MR) is 67.6 cm³/mol. The molecule has 2 aliphatic rings. The van der Waals surface area contributed by atoms with Crippen molar-refractivity contribution in [3.8, 4) is 0 Å². The lowest BCUT2D eigenvalue weighted by atomic mass is 10.0. The second-order valence-electron chi connectivity index (χ2n) is 4.90. The number of amides is 3. The van der Waals surface area contributed by atoms with Gasteiger partial charge in [0.25, 0.3) is 11.8 Å². The van der Waals surface area contributed by atoms with Crippen molar-refractivity contribution < 1.29 is 14.4 Å². The summed E-state index contributed by atoms with van der Waals surface area (Å²) in [5.41, 5.74) is 0.982. The predicted octanol–water partition coefficient (Wildman–Crippen LogP) is 0.903. The topological polar surface area (TPSA) is 57.7 Å². The Morgan fingerprint density at radius 1 is 1.00 bits per heavy atom. The first-order chi connectivity index (χ1) is 9.22. The molecular formula is C14H14N2O3. The van der Waals surface area contributed by atoms with Crippen LogP contribution in [0.2, 0.25) is 0 Å². The molecule has 5 nitrogen and oxygen atoms in total. The SMILES string of the molecule is O=CN1CCC(N2C(=O)c3ccccc3C2=O)CC1. The average molecular weight is 258 g/mol. The number of likely N-dealkylation sites (tertiary alicyclic amines) is 1. The Morgan fingerprint density at radius 3 is 2.00 bits per heavy atom. The van der Waals surface area contributed by atoms with Crippen molar-refractivity contribution in [2.45, 2.75) is 18.9 Å². The first-order valence-corrected chi connectivity index (χ1v) is 6.38. The zero-order valence-corrected chi connectivity index (χ0v) is 10.4. The van der Waals surface area contributed by atoms with Gasteiger partial charge in [-0.3, -0.25) is 19.3 Å². The molecule has 0 radical (unpaired) electrons. The number of carbonyl (C=O) groups is 3. The van der Waals surface area contributed by atoms with Gasteiger partial charge >= 0.3 is 0 Å². The lowest BCUT2D eigenvalue weighted by Crippen LogP contribution is -2.46. The van der Waals surface area contributed by atoms with E-state index in [0.717, 1.165) is 6.41 Å². The van der Waals surface area contributed by atoms with E-state index in [-0.39, 0.29) is 17.9 Å². The molecule has 98 valence electrons. The number of fused-ring (bicyclic) bond motifs is 1. The van der Waals surface area contributed by atoms with Crippen LogP contribution in [0.3, 0.4) is 0 Å². The zero-order chi connectivity index (χ0) is 13.4. The molecule has 1 aromatic rings. The van der Waals surface area contributed by atoms with E-state index < -0.39 is 0 Å². The van der Waals surface area contributed by atoms with Gasteiger partial charge in [0.2, 0.25) is 6.41 Å². The van der Waals surface area contributed by atoms with Crippen LogP contribution < -0.4 is 0 Å². The molecule has 0 bridgehead atoms. The van der Waals surface area contributed by atoms with Crippen molar-refractivity contribution in [1.29, 1.82) is 0 Å². The molecule has 1 fully saturated rings. The Kier molecular flexibility index (Phi) is 2.81. The zero-order valence-electron chi connectivity index (χ0n) is 10.4. The molecule has 5 heteroatoms. The average Bonchev–Trinajstić information content (AvgIpc) is 2.72. The minimum atomic E-state index is -0.204. The van der Waals surface area contributed by atoms with Crippen LogP contribution in [0.5, 0.6) is 0 Å². The van der Waals surface area contributed by atoms with Gasteiger partial charge in [-0.05, 0) is 25.0 Å². The van der Waals surface area contributed by atoms with E-state index in [1.54, 1.807) is 29.2 Å². The number of rotatable bonds is 2. The van der Waals surface area contributed by atoms with E-state index in [2.05, 4.69) is 0 Å². The number of carbonyl (C=O) groups excluding carboxylic acids is 3. The summed E-state index contributed by atoms with van der Waals surface area (Å²) in [5, 5.41) is 0. The van der Waals surface area contributed by atoms with Gasteiger partial charge in [-0.2, -0.15) is 0 Å². The fourth-order valence-electron chi connectivity index (χ4n) is 2.79. The number of imide groups is 1. The summed E-state index contributed by atoms with van der Waals surface area (Å²) in [7, 11) is 0. The van der Waals surface area contributed by atoms with Crippen LogP contribution in [0.25, 0.3) is 0 Å². The van der Waals surface area contributed by atoms with E-state index in [1.165, 1.54) is 4.90 Å². The fourth-order valence-corrected chi connectivity index (χ4v) is 2.79. The molecule has 3 rings (SSSR count). The molecule has 2 aliphatic heterocycles. The Hall–Kier alpha value is -2.17. The maximum absolute atomic E-state index is 12.3. The van der Waals surface area contributed by atoms with E-state index >= 15 is 0 Å². The van der Waals surface area contributed by atoms with Crippen molar-refractivity contribution in [1.82, 2.24) is 9.80 Å². The highest BCUT2D eigenvalue weighted by Gasteiger charge is 2.40. The molecule has 0 saturated carbocycles. The maximum atomic E-state index is 12.3. The van der Waals surface area contributed by atoms with E-state index in [1.807, 2.05) is 0 Å². The number of nitrogens with zero attached hydrogens (tertiary/aromatic N) is 2. The molecule has 0 aromatic heterocycles. The number of hydrogen-bond donors (Lipinski definition) is 0. The second kappa shape index (κ2) is 4.50. The van der Waals surface area contributed by atoms with Gasteiger partial charge in [0.05, 0.1) is 11.1 Å². The van der Waals surface area contributed by atoms with Crippen LogP contribution >= 0.6 is 0 Å². The largest absolute Gasteiger partial charge is 0.345 e. The highest BCUT2D eigenvalue weighted by Crippen LogP contribution is 2.28. The fraction of sp³-hybridized carbons (Fsp3) is 0.357. The molecule has 19 heavy (non-hydrogen) atoms. The highest BCUT2D eigenvalue weighted by molar-refractivity contribution is 6.21. The standard InChI is InChI=1S/C14H14N2O3/c17-9-15-7-5-10(6-8-15)16-13(18)11-3-1-2-4-12(11)14(16)19/h1-4,9-10H,5-8H2. The number of hydrogen-bond acceptors (Lipinski definition) is 3. The third-order valence-electron chi connectivity index (χ3n) is 3.84. The molecule has 0 N–H and O–H groups in total. The molecule has 0 spiro atoms. The molecule has 0 unspecified atom stereocenters. The molecule has 1 saturated heterocycles.